The molecule has 0 saturated heterocycles. The van der Waals surface area contributed by atoms with Gasteiger partial charge in [0.25, 0.3) is 0 Å². The van der Waals surface area contributed by atoms with Crippen LogP contribution in [0.3, 0.4) is 0 Å². The van der Waals surface area contributed by atoms with E-state index in [0.717, 1.165) is 88.9 Å². The van der Waals surface area contributed by atoms with Crippen molar-refractivity contribution in [1.29, 1.82) is 0 Å². The van der Waals surface area contributed by atoms with Gasteiger partial charge < -0.3 is 19.3 Å². The highest BCUT2D eigenvalue weighted by Gasteiger charge is 2.39. The van der Waals surface area contributed by atoms with Crippen molar-refractivity contribution in [3.05, 3.63) is 59.0 Å². The second-order valence-electron chi connectivity index (χ2n) is 10.3. The standard InChI is InChI=1S/C32H42N2O4/c1-5-9-17-33(18-10-6-2)23-13-15-25-27(21-23)37-31(29(25)35)32-30(36)26-16-14-24(22-28(26)38-32)34(19-11-7-3)20-12-8-4/h13-16,21-22H,5-12,17-20H2,1-4H3. The van der Waals surface area contributed by atoms with E-state index in [4.69, 9.17) is 9.47 Å². The van der Waals surface area contributed by atoms with Gasteiger partial charge in [0.1, 0.15) is 11.5 Å². The molecule has 2 heterocycles. The first-order valence-electron chi connectivity index (χ1n) is 14.5. The zero-order chi connectivity index (χ0) is 27.1. The predicted octanol–water partition coefficient (Wildman–Crippen LogP) is 7.56. The number of rotatable bonds is 14. The van der Waals surface area contributed by atoms with Crippen LogP contribution in [0.5, 0.6) is 11.5 Å². The highest BCUT2D eigenvalue weighted by molar-refractivity contribution is 6.21. The minimum absolute atomic E-state index is 0.0117. The summed E-state index contributed by atoms with van der Waals surface area (Å²) in [6.45, 7) is 12.6. The number of benzene rings is 2. The van der Waals surface area contributed by atoms with Crippen LogP contribution < -0.4 is 19.3 Å². The van der Waals surface area contributed by atoms with E-state index in [1.165, 1.54) is 0 Å². The first-order chi connectivity index (χ1) is 18.5. The largest absolute Gasteiger partial charge is 0.448 e. The number of nitrogens with zero attached hydrogens (tertiary/aromatic N) is 2. The van der Waals surface area contributed by atoms with E-state index in [1.807, 2.05) is 36.4 Å². The molecular formula is C32H42N2O4. The third-order valence-corrected chi connectivity index (χ3v) is 7.32. The maximum absolute atomic E-state index is 13.3. The van der Waals surface area contributed by atoms with Crippen molar-refractivity contribution in [2.24, 2.45) is 0 Å². The molecule has 4 rings (SSSR count). The maximum atomic E-state index is 13.3. The monoisotopic (exact) mass is 518 g/mol. The maximum Gasteiger partial charge on any atom is 0.236 e. The van der Waals surface area contributed by atoms with Crippen LogP contribution in [0.1, 0.15) is 99.8 Å². The summed E-state index contributed by atoms with van der Waals surface area (Å²) in [5, 5.41) is 0. The number of ether oxygens (including phenoxy) is 2. The average Bonchev–Trinajstić information content (AvgIpc) is 3.44. The van der Waals surface area contributed by atoms with Gasteiger partial charge in [0.05, 0.1) is 11.1 Å². The van der Waals surface area contributed by atoms with E-state index >= 15 is 0 Å². The third kappa shape index (κ3) is 5.90. The van der Waals surface area contributed by atoms with E-state index in [0.29, 0.717) is 22.6 Å². The van der Waals surface area contributed by atoms with E-state index in [9.17, 15) is 9.59 Å². The second-order valence-corrected chi connectivity index (χ2v) is 10.3. The highest BCUT2D eigenvalue weighted by atomic mass is 16.5. The molecule has 6 heteroatoms. The summed E-state index contributed by atoms with van der Waals surface area (Å²) < 4.78 is 12.1. The molecule has 0 aliphatic carbocycles. The lowest BCUT2D eigenvalue weighted by Crippen LogP contribution is -2.25. The molecule has 0 radical (unpaired) electrons. The molecule has 0 atom stereocenters. The number of Topliss-reactive ketones (excluding diaryl/α,β-unsaturated/α-hetero) is 2. The highest BCUT2D eigenvalue weighted by Crippen LogP contribution is 2.41. The third-order valence-electron chi connectivity index (χ3n) is 7.32. The Kier molecular flexibility index (Phi) is 9.48. The van der Waals surface area contributed by atoms with E-state index in [1.54, 1.807) is 0 Å². The lowest BCUT2D eigenvalue weighted by molar-refractivity contribution is 0.0960. The molecule has 204 valence electrons. The number of unbranched alkanes of at least 4 members (excludes halogenated alkanes) is 4. The number of carbonyl (C=O) groups excluding carboxylic acids is 2. The number of fused-ring (bicyclic) bond motifs is 2. The summed E-state index contributed by atoms with van der Waals surface area (Å²) in [4.78, 5) is 31.3. The van der Waals surface area contributed by atoms with Gasteiger partial charge in [-0.3, -0.25) is 9.59 Å². The van der Waals surface area contributed by atoms with Crippen molar-refractivity contribution in [2.45, 2.75) is 79.1 Å². The molecule has 0 amide bonds. The Hall–Kier alpha value is -3.28. The predicted molar refractivity (Wildman–Crippen MR) is 154 cm³/mol. The van der Waals surface area contributed by atoms with Gasteiger partial charge >= 0.3 is 0 Å². The van der Waals surface area contributed by atoms with Gasteiger partial charge in [0, 0.05) is 49.7 Å². The Bertz CT molecular complexity index is 1080. The van der Waals surface area contributed by atoms with Gasteiger partial charge in [-0.1, -0.05) is 53.4 Å². The van der Waals surface area contributed by atoms with Crippen LogP contribution in [0.4, 0.5) is 11.4 Å². The summed E-state index contributed by atoms with van der Waals surface area (Å²) in [6, 6.07) is 11.5. The quantitative estimate of drug-likeness (QED) is 0.241. The van der Waals surface area contributed by atoms with E-state index in [-0.39, 0.29) is 23.1 Å². The van der Waals surface area contributed by atoms with Crippen molar-refractivity contribution in [2.75, 3.05) is 36.0 Å². The van der Waals surface area contributed by atoms with Crippen LogP contribution in [0.25, 0.3) is 0 Å². The minimum atomic E-state index is -0.302. The Labute approximate surface area is 227 Å². The first-order valence-corrected chi connectivity index (χ1v) is 14.5. The van der Waals surface area contributed by atoms with E-state index in [2.05, 4.69) is 37.5 Å². The Balaban J connectivity index is 1.58. The van der Waals surface area contributed by atoms with Gasteiger partial charge in [-0.2, -0.15) is 0 Å². The fourth-order valence-electron chi connectivity index (χ4n) is 4.95. The van der Waals surface area contributed by atoms with Crippen molar-refractivity contribution in [3.8, 4) is 11.5 Å². The molecule has 6 nitrogen and oxygen atoms in total. The van der Waals surface area contributed by atoms with Gasteiger partial charge in [-0.15, -0.1) is 0 Å². The second kappa shape index (κ2) is 13.0. The van der Waals surface area contributed by atoms with Crippen molar-refractivity contribution >= 4 is 22.9 Å². The van der Waals surface area contributed by atoms with Crippen LogP contribution >= 0.6 is 0 Å². The molecule has 0 N–H and O–H groups in total. The molecule has 0 aromatic heterocycles. The van der Waals surface area contributed by atoms with Gasteiger partial charge in [-0.05, 0) is 49.9 Å². The normalized spacial score (nSPS) is 15.8. The molecule has 2 aliphatic heterocycles. The molecule has 2 aliphatic rings. The zero-order valence-electron chi connectivity index (χ0n) is 23.5. The summed E-state index contributed by atoms with van der Waals surface area (Å²) in [5.74, 6) is 0.357. The summed E-state index contributed by atoms with van der Waals surface area (Å²) in [6.07, 6.45) is 8.90. The Morgan fingerprint density at radius 1 is 0.553 bits per heavy atom. The van der Waals surface area contributed by atoms with Crippen LogP contribution in [-0.4, -0.2) is 37.7 Å². The smallest absolute Gasteiger partial charge is 0.236 e. The fourth-order valence-corrected chi connectivity index (χ4v) is 4.95. The molecule has 2 aromatic carbocycles. The number of hydrogen-bond donors (Lipinski definition) is 0. The lowest BCUT2D eigenvalue weighted by Gasteiger charge is -2.25. The Morgan fingerprint density at radius 3 is 1.21 bits per heavy atom. The lowest BCUT2D eigenvalue weighted by atomic mass is 10.1. The number of carbonyl (C=O) groups is 2. The topological polar surface area (TPSA) is 59.1 Å². The number of hydrogen-bond acceptors (Lipinski definition) is 6. The minimum Gasteiger partial charge on any atom is -0.448 e. The van der Waals surface area contributed by atoms with Crippen LogP contribution in [-0.2, 0) is 0 Å². The number of allylic oxidation sites excluding steroid dienone is 2. The number of ketones is 2. The molecule has 0 spiro atoms. The van der Waals surface area contributed by atoms with Gasteiger partial charge in [0.15, 0.2) is 0 Å². The van der Waals surface area contributed by atoms with E-state index < -0.39 is 0 Å². The van der Waals surface area contributed by atoms with Crippen molar-refractivity contribution in [3.63, 3.8) is 0 Å². The van der Waals surface area contributed by atoms with Gasteiger partial charge in [0.2, 0.25) is 23.1 Å². The molecule has 0 unspecified atom stereocenters. The average molecular weight is 519 g/mol. The van der Waals surface area contributed by atoms with Crippen molar-refractivity contribution < 1.29 is 19.1 Å². The van der Waals surface area contributed by atoms with Gasteiger partial charge in [-0.25, -0.2) is 0 Å². The zero-order valence-corrected chi connectivity index (χ0v) is 23.5. The molecule has 0 bridgehead atoms. The van der Waals surface area contributed by atoms with Crippen LogP contribution in [0.2, 0.25) is 0 Å². The van der Waals surface area contributed by atoms with Crippen LogP contribution in [0.15, 0.2) is 47.9 Å². The summed E-state index contributed by atoms with van der Waals surface area (Å²) in [5.41, 5.74) is 3.02. The van der Waals surface area contributed by atoms with Crippen LogP contribution in [0, 0.1) is 0 Å². The summed E-state index contributed by atoms with van der Waals surface area (Å²) >= 11 is 0. The molecule has 2 aromatic rings. The molecule has 38 heavy (non-hydrogen) atoms. The Morgan fingerprint density at radius 2 is 0.895 bits per heavy atom. The number of anilines is 2. The SMILES string of the molecule is CCCCN(CCCC)c1ccc2c(c1)OC(=C1Oc3cc(N(CCCC)CCCC)ccc3C1=O)C2=O. The molecule has 0 fully saturated rings. The summed E-state index contributed by atoms with van der Waals surface area (Å²) in [7, 11) is 0. The fraction of sp³-hybridized carbons (Fsp3) is 0.500. The first kappa shape index (κ1) is 27.7. The van der Waals surface area contributed by atoms with Crippen molar-refractivity contribution in [1.82, 2.24) is 0 Å². The molecular weight excluding hydrogens is 476 g/mol. The molecule has 0 saturated carbocycles.